The highest BCUT2D eigenvalue weighted by atomic mass is 35.5. The molecule has 1 amide bonds. The van der Waals surface area contributed by atoms with Gasteiger partial charge in [-0.25, -0.2) is 8.42 Å². The molecule has 2 rings (SSSR count). The van der Waals surface area contributed by atoms with Gasteiger partial charge < -0.3 is 10.1 Å². The Morgan fingerprint density at radius 3 is 2.50 bits per heavy atom. The second kappa shape index (κ2) is 9.80. The van der Waals surface area contributed by atoms with E-state index in [2.05, 4.69) is 5.32 Å². The molecule has 0 aliphatic heterocycles. The molecule has 6 nitrogen and oxygen atoms in total. The molecule has 1 N–H and O–H groups in total. The standard InChI is InChI=1S/C20H25ClN2O4S/c1-15(9-10-16-7-5-4-6-8-16)22-20(24)14-23(28(3,25)26)18-13-17(21)11-12-19(18)27-2/h4-8,11-13,15H,9-10,14H2,1-3H3,(H,22,24)/t15-/m0/s1. The van der Waals surface area contributed by atoms with Crippen molar-refractivity contribution in [2.24, 2.45) is 0 Å². The Bertz CT molecular complexity index is 904. The van der Waals surface area contributed by atoms with Crippen LogP contribution in [-0.2, 0) is 21.2 Å². The molecule has 0 unspecified atom stereocenters. The van der Waals surface area contributed by atoms with Crippen molar-refractivity contribution >= 4 is 33.2 Å². The summed E-state index contributed by atoms with van der Waals surface area (Å²) in [6.45, 7) is 1.54. The first kappa shape index (κ1) is 22.0. The predicted molar refractivity (Wildman–Crippen MR) is 113 cm³/mol. The zero-order chi connectivity index (χ0) is 20.7. The maximum Gasteiger partial charge on any atom is 0.240 e. The number of sulfonamides is 1. The molecule has 0 saturated heterocycles. The summed E-state index contributed by atoms with van der Waals surface area (Å²) in [6, 6.07) is 14.5. The van der Waals surface area contributed by atoms with Crippen molar-refractivity contribution in [2.45, 2.75) is 25.8 Å². The molecule has 0 aliphatic rings. The lowest BCUT2D eigenvalue weighted by Crippen LogP contribution is -2.43. The Kier molecular flexibility index (Phi) is 7.71. The normalized spacial score (nSPS) is 12.3. The quantitative estimate of drug-likeness (QED) is 0.670. The number of amides is 1. The number of hydrogen-bond acceptors (Lipinski definition) is 4. The van der Waals surface area contributed by atoms with Gasteiger partial charge in [0.15, 0.2) is 0 Å². The lowest BCUT2D eigenvalue weighted by Gasteiger charge is -2.25. The Hall–Kier alpha value is -2.25. The van der Waals surface area contributed by atoms with Crippen LogP contribution < -0.4 is 14.4 Å². The fourth-order valence-electron chi connectivity index (χ4n) is 2.79. The van der Waals surface area contributed by atoms with E-state index in [1.165, 1.54) is 18.7 Å². The highest BCUT2D eigenvalue weighted by Gasteiger charge is 2.24. The van der Waals surface area contributed by atoms with Gasteiger partial charge in [0.2, 0.25) is 15.9 Å². The van der Waals surface area contributed by atoms with Gasteiger partial charge in [-0.15, -0.1) is 0 Å². The molecule has 8 heteroatoms. The Morgan fingerprint density at radius 1 is 1.21 bits per heavy atom. The zero-order valence-electron chi connectivity index (χ0n) is 16.2. The van der Waals surface area contributed by atoms with Gasteiger partial charge in [-0.1, -0.05) is 41.9 Å². The summed E-state index contributed by atoms with van der Waals surface area (Å²) in [5.74, 6) is -0.0761. The van der Waals surface area contributed by atoms with Gasteiger partial charge in [0, 0.05) is 11.1 Å². The molecule has 0 radical (unpaired) electrons. The van der Waals surface area contributed by atoms with E-state index in [0.717, 1.165) is 23.4 Å². The summed E-state index contributed by atoms with van der Waals surface area (Å²) >= 11 is 6.01. The molecule has 28 heavy (non-hydrogen) atoms. The average molecular weight is 425 g/mol. The molecule has 0 heterocycles. The minimum absolute atomic E-state index is 0.102. The van der Waals surface area contributed by atoms with Gasteiger partial charge in [-0.05, 0) is 43.5 Å². The third-order valence-corrected chi connectivity index (χ3v) is 5.57. The molecule has 0 spiro atoms. The summed E-state index contributed by atoms with van der Waals surface area (Å²) in [5, 5.41) is 3.20. The number of nitrogens with one attached hydrogen (secondary N) is 1. The molecule has 0 fully saturated rings. The van der Waals surface area contributed by atoms with Crippen LogP contribution >= 0.6 is 11.6 Å². The second-order valence-electron chi connectivity index (χ2n) is 6.58. The molecule has 0 aliphatic carbocycles. The predicted octanol–water partition coefficient (Wildman–Crippen LogP) is 3.25. The molecule has 0 aromatic heterocycles. The summed E-state index contributed by atoms with van der Waals surface area (Å²) < 4.78 is 30.8. The molecule has 152 valence electrons. The number of methoxy groups -OCH3 is 1. The van der Waals surface area contributed by atoms with E-state index in [0.29, 0.717) is 10.8 Å². The number of halogens is 1. The topological polar surface area (TPSA) is 75.7 Å². The number of rotatable bonds is 9. The Labute approximate surface area is 171 Å². The van der Waals surface area contributed by atoms with Gasteiger partial charge >= 0.3 is 0 Å². The molecule has 2 aromatic carbocycles. The van der Waals surface area contributed by atoms with Crippen LogP contribution in [0.25, 0.3) is 0 Å². The number of carbonyl (C=O) groups excluding carboxylic acids is 1. The molecular formula is C20H25ClN2O4S. The number of hydrogen-bond donors (Lipinski definition) is 1. The van der Waals surface area contributed by atoms with Crippen molar-refractivity contribution in [3.63, 3.8) is 0 Å². The van der Waals surface area contributed by atoms with Crippen LogP contribution in [0.15, 0.2) is 48.5 Å². The van der Waals surface area contributed by atoms with Crippen LogP contribution in [0.4, 0.5) is 5.69 Å². The van der Waals surface area contributed by atoms with E-state index < -0.39 is 15.9 Å². The van der Waals surface area contributed by atoms with Gasteiger partial charge in [0.25, 0.3) is 0 Å². The molecule has 0 saturated carbocycles. The van der Waals surface area contributed by atoms with Gasteiger partial charge in [0.05, 0.1) is 19.1 Å². The third kappa shape index (κ3) is 6.42. The van der Waals surface area contributed by atoms with Gasteiger partial charge in [-0.2, -0.15) is 0 Å². The minimum Gasteiger partial charge on any atom is -0.495 e. The fourth-order valence-corrected chi connectivity index (χ4v) is 3.81. The average Bonchev–Trinajstić information content (AvgIpc) is 2.64. The molecular weight excluding hydrogens is 400 g/mol. The summed E-state index contributed by atoms with van der Waals surface area (Å²) in [7, 11) is -2.29. The lowest BCUT2D eigenvalue weighted by molar-refractivity contribution is -0.120. The van der Waals surface area contributed by atoms with E-state index in [1.807, 2.05) is 37.3 Å². The first-order valence-corrected chi connectivity index (χ1v) is 11.1. The molecule has 0 bridgehead atoms. The smallest absolute Gasteiger partial charge is 0.240 e. The van der Waals surface area contributed by atoms with Crippen LogP contribution in [0.2, 0.25) is 5.02 Å². The van der Waals surface area contributed by atoms with Crippen LogP contribution in [0.3, 0.4) is 0 Å². The van der Waals surface area contributed by atoms with Crippen molar-refractivity contribution in [3.05, 3.63) is 59.1 Å². The number of nitrogens with zero attached hydrogens (tertiary/aromatic N) is 1. The molecule has 1 atom stereocenters. The summed E-state index contributed by atoms with van der Waals surface area (Å²) in [5.41, 5.74) is 1.41. The highest BCUT2D eigenvalue weighted by molar-refractivity contribution is 7.92. The maximum absolute atomic E-state index is 12.5. The summed E-state index contributed by atoms with van der Waals surface area (Å²) in [4.78, 5) is 12.5. The van der Waals surface area contributed by atoms with Crippen molar-refractivity contribution in [3.8, 4) is 5.75 Å². The van der Waals surface area contributed by atoms with Crippen molar-refractivity contribution in [2.75, 3.05) is 24.2 Å². The van der Waals surface area contributed by atoms with Crippen LogP contribution in [0, 0.1) is 0 Å². The number of ether oxygens (including phenoxy) is 1. The lowest BCUT2D eigenvalue weighted by atomic mass is 10.1. The highest BCUT2D eigenvalue weighted by Crippen LogP contribution is 2.32. The largest absolute Gasteiger partial charge is 0.495 e. The number of carbonyl (C=O) groups is 1. The van der Waals surface area contributed by atoms with E-state index in [4.69, 9.17) is 16.3 Å². The monoisotopic (exact) mass is 424 g/mol. The fraction of sp³-hybridized carbons (Fsp3) is 0.350. The number of benzene rings is 2. The second-order valence-corrected chi connectivity index (χ2v) is 8.92. The maximum atomic E-state index is 12.5. The third-order valence-electron chi connectivity index (χ3n) is 4.21. The molecule has 2 aromatic rings. The van der Waals surface area contributed by atoms with Crippen molar-refractivity contribution < 1.29 is 17.9 Å². The van der Waals surface area contributed by atoms with E-state index >= 15 is 0 Å². The van der Waals surface area contributed by atoms with Crippen molar-refractivity contribution in [1.82, 2.24) is 5.32 Å². The van der Waals surface area contributed by atoms with Crippen molar-refractivity contribution in [1.29, 1.82) is 0 Å². The van der Waals surface area contributed by atoms with E-state index in [-0.39, 0.29) is 18.3 Å². The van der Waals surface area contributed by atoms with Crippen LogP contribution in [-0.4, -0.2) is 40.3 Å². The number of anilines is 1. The first-order chi connectivity index (χ1) is 13.2. The van der Waals surface area contributed by atoms with Crippen LogP contribution in [0.5, 0.6) is 5.75 Å². The zero-order valence-corrected chi connectivity index (χ0v) is 17.8. The van der Waals surface area contributed by atoms with Crippen LogP contribution in [0.1, 0.15) is 18.9 Å². The SMILES string of the molecule is COc1ccc(Cl)cc1N(CC(=O)N[C@@H](C)CCc1ccccc1)S(C)(=O)=O. The first-order valence-electron chi connectivity index (χ1n) is 8.85. The van der Waals surface area contributed by atoms with Gasteiger partial charge in [-0.3, -0.25) is 9.10 Å². The summed E-state index contributed by atoms with van der Waals surface area (Å²) in [6.07, 6.45) is 2.61. The number of aryl methyl sites for hydroxylation is 1. The Balaban J connectivity index is 2.06. The van der Waals surface area contributed by atoms with E-state index in [1.54, 1.807) is 12.1 Å². The minimum atomic E-state index is -3.72. The van der Waals surface area contributed by atoms with Gasteiger partial charge in [0.1, 0.15) is 12.3 Å². The Morgan fingerprint density at radius 2 is 1.89 bits per heavy atom. The van der Waals surface area contributed by atoms with E-state index in [9.17, 15) is 13.2 Å².